The summed E-state index contributed by atoms with van der Waals surface area (Å²) in [6, 6.07) is 26.0. The molecule has 3 amide bonds. The number of amides is 3. The average Bonchev–Trinajstić information content (AvgIpc) is 3.60. The molecule has 3 aromatic carbocycles. The molecular weight excluding hydrogens is 494 g/mol. The van der Waals surface area contributed by atoms with E-state index < -0.39 is 0 Å². The Bertz CT molecular complexity index is 1400. The Balaban J connectivity index is 1.09. The van der Waals surface area contributed by atoms with Gasteiger partial charge in [-0.1, -0.05) is 23.4 Å². The SMILES string of the molecule is Cc1cc(CC(=O)N(C)C2CCN(c3ccc(NC(=O)Nc4ccc(Oc5ccccc5)cc4)cc3)C2)on1. The number of hydrogen-bond donors (Lipinski definition) is 2. The lowest BCUT2D eigenvalue weighted by Gasteiger charge is -2.25. The molecule has 39 heavy (non-hydrogen) atoms. The largest absolute Gasteiger partial charge is 0.457 e. The van der Waals surface area contributed by atoms with Crippen molar-refractivity contribution in [3.63, 3.8) is 0 Å². The topological polar surface area (TPSA) is 99.9 Å². The molecule has 9 heteroatoms. The van der Waals surface area contributed by atoms with Crippen molar-refractivity contribution in [1.29, 1.82) is 0 Å². The van der Waals surface area contributed by atoms with Gasteiger partial charge in [0, 0.05) is 43.3 Å². The minimum absolute atomic E-state index is 0.0157. The summed E-state index contributed by atoms with van der Waals surface area (Å²) < 4.78 is 11.0. The van der Waals surface area contributed by atoms with Crippen molar-refractivity contribution in [2.75, 3.05) is 35.7 Å². The van der Waals surface area contributed by atoms with E-state index in [9.17, 15) is 9.59 Å². The van der Waals surface area contributed by atoms with Crippen molar-refractivity contribution in [3.8, 4) is 11.5 Å². The smallest absolute Gasteiger partial charge is 0.323 e. The minimum Gasteiger partial charge on any atom is -0.457 e. The number of hydrogen-bond acceptors (Lipinski definition) is 6. The number of carbonyl (C=O) groups is 2. The molecule has 0 spiro atoms. The zero-order chi connectivity index (χ0) is 27.2. The second-order valence-corrected chi connectivity index (χ2v) is 9.57. The second kappa shape index (κ2) is 11.7. The third-order valence-corrected chi connectivity index (χ3v) is 6.69. The van der Waals surface area contributed by atoms with Gasteiger partial charge in [-0.3, -0.25) is 4.79 Å². The molecule has 1 aliphatic heterocycles. The number of ether oxygens (including phenoxy) is 1. The van der Waals surface area contributed by atoms with Gasteiger partial charge >= 0.3 is 6.03 Å². The molecule has 1 atom stereocenters. The van der Waals surface area contributed by atoms with Crippen LogP contribution in [-0.4, -0.2) is 48.2 Å². The Morgan fingerprint density at radius 2 is 1.62 bits per heavy atom. The monoisotopic (exact) mass is 525 g/mol. The van der Waals surface area contributed by atoms with E-state index in [1.54, 1.807) is 35.2 Å². The summed E-state index contributed by atoms with van der Waals surface area (Å²) in [5, 5.41) is 9.55. The van der Waals surface area contributed by atoms with Crippen LogP contribution in [0.4, 0.5) is 21.9 Å². The van der Waals surface area contributed by atoms with E-state index in [0.717, 1.165) is 36.6 Å². The summed E-state index contributed by atoms with van der Waals surface area (Å²) in [4.78, 5) is 29.2. The first-order valence-corrected chi connectivity index (χ1v) is 12.9. The van der Waals surface area contributed by atoms with E-state index in [0.29, 0.717) is 22.9 Å². The number of nitrogens with one attached hydrogen (secondary N) is 2. The third-order valence-electron chi connectivity index (χ3n) is 6.69. The number of likely N-dealkylation sites (N-methyl/N-ethyl adjacent to an activating group) is 1. The van der Waals surface area contributed by atoms with Gasteiger partial charge in [0.15, 0.2) is 0 Å². The van der Waals surface area contributed by atoms with Gasteiger partial charge in [-0.05, 0) is 74.0 Å². The molecule has 0 bridgehead atoms. The highest BCUT2D eigenvalue weighted by atomic mass is 16.5. The van der Waals surface area contributed by atoms with E-state index in [4.69, 9.17) is 9.26 Å². The van der Waals surface area contributed by atoms with Crippen LogP contribution in [0.25, 0.3) is 0 Å². The Hall–Kier alpha value is -4.79. The van der Waals surface area contributed by atoms with Crippen LogP contribution in [0.1, 0.15) is 17.9 Å². The Morgan fingerprint density at radius 1 is 0.974 bits per heavy atom. The maximum atomic E-state index is 12.7. The van der Waals surface area contributed by atoms with Crippen LogP contribution in [0.15, 0.2) is 89.5 Å². The van der Waals surface area contributed by atoms with Gasteiger partial charge in [-0.15, -0.1) is 0 Å². The third kappa shape index (κ3) is 6.75. The van der Waals surface area contributed by atoms with Crippen LogP contribution in [0.3, 0.4) is 0 Å². The number of aryl methyl sites for hydroxylation is 1. The number of anilines is 3. The molecule has 4 aromatic rings. The Kier molecular flexibility index (Phi) is 7.77. The Labute approximate surface area is 227 Å². The number of carbonyl (C=O) groups excluding carboxylic acids is 2. The summed E-state index contributed by atoms with van der Waals surface area (Å²) in [6.07, 6.45) is 1.09. The normalized spacial score (nSPS) is 14.6. The zero-order valence-electron chi connectivity index (χ0n) is 22.0. The van der Waals surface area contributed by atoms with Crippen LogP contribution in [0, 0.1) is 6.92 Å². The molecule has 1 fully saturated rings. The maximum absolute atomic E-state index is 12.7. The number of aromatic nitrogens is 1. The fourth-order valence-electron chi connectivity index (χ4n) is 4.55. The summed E-state index contributed by atoms with van der Waals surface area (Å²) in [5.74, 6) is 2.04. The highest BCUT2D eigenvalue weighted by Gasteiger charge is 2.29. The highest BCUT2D eigenvalue weighted by Crippen LogP contribution is 2.25. The van der Waals surface area contributed by atoms with E-state index >= 15 is 0 Å². The molecule has 1 aromatic heterocycles. The first kappa shape index (κ1) is 25.8. The van der Waals surface area contributed by atoms with Gasteiger partial charge in [-0.2, -0.15) is 0 Å². The quantitative estimate of drug-likeness (QED) is 0.306. The maximum Gasteiger partial charge on any atom is 0.323 e. The zero-order valence-corrected chi connectivity index (χ0v) is 22.0. The van der Waals surface area contributed by atoms with Gasteiger partial charge in [0.1, 0.15) is 17.3 Å². The Morgan fingerprint density at radius 3 is 2.26 bits per heavy atom. The van der Waals surface area contributed by atoms with E-state index in [1.165, 1.54) is 0 Å². The molecular formula is C30H31N5O4. The molecule has 0 aliphatic carbocycles. The molecule has 0 radical (unpaired) electrons. The van der Waals surface area contributed by atoms with Crippen molar-refractivity contribution in [1.82, 2.24) is 10.1 Å². The van der Waals surface area contributed by atoms with Gasteiger partial charge < -0.3 is 29.7 Å². The van der Waals surface area contributed by atoms with E-state index in [-0.39, 0.29) is 24.4 Å². The number of benzene rings is 3. The van der Waals surface area contributed by atoms with Crippen molar-refractivity contribution in [2.24, 2.45) is 0 Å². The van der Waals surface area contributed by atoms with Crippen molar-refractivity contribution in [3.05, 3.63) is 96.4 Å². The lowest BCUT2D eigenvalue weighted by Crippen LogP contribution is -2.39. The lowest BCUT2D eigenvalue weighted by atomic mass is 10.2. The molecule has 2 heterocycles. The number of para-hydroxylation sites is 1. The molecule has 9 nitrogen and oxygen atoms in total. The summed E-state index contributed by atoms with van der Waals surface area (Å²) in [6.45, 7) is 3.43. The fraction of sp³-hybridized carbons (Fsp3) is 0.233. The van der Waals surface area contributed by atoms with Crippen LogP contribution in [0.5, 0.6) is 11.5 Å². The van der Waals surface area contributed by atoms with Crippen molar-refractivity contribution in [2.45, 2.75) is 25.8 Å². The molecule has 1 unspecified atom stereocenters. The number of nitrogens with zero attached hydrogens (tertiary/aromatic N) is 3. The molecule has 0 saturated carbocycles. The predicted molar refractivity (Wildman–Crippen MR) is 150 cm³/mol. The molecule has 5 rings (SSSR count). The predicted octanol–water partition coefficient (Wildman–Crippen LogP) is 5.70. The van der Waals surface area contributed by atoms with E-state index in [1.807, 2.05) is 68.6 Å². The molecule has 2 N–H and O–H groups in total. The average molecular weight is 526 g/mol. The van der Waals surface area contributed by atoms with Crippen LogP contribution in [0.2, 0.25) is 0 Å². The van der Waals surface area contributed by atoms with Crippen molar-refractivity contribution >= 4 is 29.0 Å². The summed E-state index contributed by atoms with van der Waals surface area (Å²) >= 11 is 0. The lowest BCUT2D eigenvalue weighted by molar-refractivity contribution is -0.131. The summed E-state index contributed by atoms with van der Waals surface area (Å²) in [7, 11) is 1.84. The van der Waals surface area contributed by atoms with Gasteiger partial charge in [0.25, 0.3) is 0 Å². The fourth-order valence-corrected chi connectivity index (χ4v) is 4.55. The first-order chi connectivity index (χ1) is 18.9. The second-order valence-electron chi connectivity index (χ2n) is 9.57. The van der Waals surface area contributed by atoms with Gasteiger partial charge in [0.05, 0.1) is 18.2 Å². The minimum atomic E-state index is -0.331. The number of rotatable bonds is 8. The molecule has 1 saturated heterocycles. The van der Waals surface area contributed by atoms with Gasteiger partial charge in [0.2, 0.25) is 5.91 Å². The molecule has 200 valence electrons. The first-order valence-electron chi connectivity index (χ1n) is 12.9. The van der Waals surface area contributed by atoms with E-state index in [2.05, 4.69) is 20.7 Å². The van der Waals surface area contributed by atoms with Crippen molar-refractivity contribution < 1.29 is 18.8 Å². The highest BCUT2D eigenvalue weighted by molar-refractivity contribution is 5.99. The van der Waals surface area contributed by atoms with Gasteiger partial charge in [-0.25, -0.2) is 4.79 Å². The number of urea groups is 1. The molecule has 1 aliphatic rings. The van der Waals surface area contributed by atoms with Crippen LogP contribution < -0.4 is 20.3 Å². The standard InChI is InChI=1S/C30H31N5O4/c1-21-18-28(39-33-21)19-29(36)34(2)25-16-17-35(20-25)24-12-8-22(9-13-24)31-30(37)32-23-10-14-27(15-11-23)38-26-6-4-3-5-7-26/h3-15,18,25H,16-17,19-20H2,1-2H3,(H2,31,32,37). The summed E-state index contributed by atoms with van der Waals surface area (Å²) in [5.41, 5.74) is 3.16. The van der Waals surface area contributed by atoms with Crippen LogP contribution in [-0.2, 0) is 11.2 Å². The van der Waals surface area contributed by atoms with Crippen LogP contribution >= 0.6 is 0 Å².